The number of carboxylic acids is 1. The molecule has 7 nitrogen and oxygen atoms in total. The van der Waals surface area contributed by atoms with Gasteiger partial charge in [-0.1, -0.05) is 5.21 Å². The normalized spacial score (nSPS) is 16.6. The average Bonchev–Trinajstić information content (AvgIpc) is 2.89. The standard InChI is InChI=1S/C11H19N5O2S/c17-11(18)10-9-16(14-13-10)4-2-12-1-3-15-5-7-19-8-6-15/h9,12H,1-8H2,(H,17,18). The molecule has 1 aliphatic rings. The second-order valence-electron chi connectivity index (χ2n) is 4.38. The lowest BCUT2D eigenvalue weighted by Gasteiger charge is -2.26. The van der Waals surface area contributed by atoms with Crippen molar-refractivity contribution in [1.82, 2.24) is 25.2 Å². The fourth-order valence-corrected chi connectivity index (χ4v) is 2.86. The first-order valence-corrected chi connectivity index (χ1v) is 7.55. The van der Waals surface area contributed by atoms with Gasteiger partial charge < -0.3 is 15.3 Å². The molecule has 0 bridgehead atoms. The number of carbonyl (C=O) groups is 1. The van der Waals surface area contributed by atoms with E-state index in [1.54, 1.807) is 4.68 Å². The number of carboxylic acid groups (broad SMARTS) is 1. The van der Waals surface area contributed by atoms with Crippen LogP contribution in [0.5, 0.6) is 0 Å². The van der Waals surface area contributed by atoms with Gasteiger partial charge in [0.05, 0.1) is 12.7 Å². The van der Waals surface area contributed by atoms with Gasteiger partial charge >= 0.3 is 5.97 Å². The van der Waals surface area contributed by atoms with Gasteiger partial charge in [-0.05, 0) is 0 Å². The highest BCUT2D eigenvalue weighted by atomic mass is 32.2. The van der Waals surface area contributed by atoms with Crippen molar-refractivity contribution in [2.75, 3.05) is 44.2 Å². The van der Waals surface area contributed by atoms with Crippen LogP contribution in [0.25, 0.3) is 0 Å². The quantitative estimate of drug-likeness (QED) is 0.660. The van der Waals surface area contributed by atoms with Crippen LogP contribution in [0.15, 0.2) is 6.20 Å². The Morgan fingerprint density at radius 2 is 2.11 bits per heavy atom. The number of aromatic carboxylic acids is 1. The second-order valence-corrected chi connectivity index (χ2v) is 5.60. The molecule has 1 saturated heterocycles. The van der Waals surface area contributed by atoms with Gasteiger partial charge in [-0.3, -0.25) is 4.68 Å². The van der Waals surface area contributed by atoms with Crippen molar-refractivity contribution in [3.63, 3.8) is 0 Å². The van der Waals surface area contributed by atoms with E-state index in [2.05, 4.69) is 20.5 Å². The number of hydrogen-bond donors (Lipinski definition) is 2. The zero-order valence-corrected chi connectivity index (χ0v) is 11.6. The van der Waals surface area contributed by atoms with Gasteiger partial charge in [-0.25, -0.2) is 4.79 Å². The molecule has 1 aliphatic heterocycles. The summed E-state index contributed by atoms with van der Waals surface area (Å²) in [5, 5.41) is 19.4. The number of hydrogen-bond acceptors (Lipinski definition) is 6. The van der Waals surface area contributed by atoms with Crippen molar-refractivity contribution in [2.24, 2.45) is 0 Å². The minimum absolute atomic E-state index is 0.00850. The van der Waals surface area contributed by atoms with Crippen molar-refractivity contribution < 1.29 is 9.90 Å². The molecule has 0 atom stereocenters. The molecule has 1 aromatic rings. The Bertz CT molecular complexity index is 406. The third-order valence-corrected chi connectivity index (χ3v) is 3.93. The lowest BCUT2D eigenvalue weighted by molar-refractivity contribution is 0.0690. The van der Waals surface area contributed by atoms with Gasteiger partial charge in [0.15, 0.2) is 5.69 Å². The maximum Gasteiger partial charge on any atom is 0.358 e. The molecule has 0 aliphatic carbocycles. The Morgan fingerprint density at radius 1 is 1.37 bits per heavy atom. The van der Waals surface area contributed by atoms with E-state index in [-0.39, 0.29) is 5.69 Å². The van der Waals surface area contributed by atoms with Gasteiger partial charge in [-0.2, -0.15) is 11.8 Å². The van der Waals surface area contributed by atoms with E-state index in [1.807, 2.05) is 11.8 Å². The van der Waals surface area contributed by atoms with Crippen molar-refractivity contribution in [1.29, 1.82) is 0 Å². The summed E-state index contributed by atoms with van der Waals surface area (Å²) >= 11 is 2.02. The van der Waals surface area contributed by atoms with Crippen LogP contribution in [-0.2, 0) is 6.54 Å². The van der Waals surface area contributed by atoms with Crippen molar-refractivity contribution in [3.05, 3.63) is 11.9 Å². The minimum Gasteiger partial charge on any atom is -0.476 e. The van der Waals surface area contributed by atoms with Gasteiger partial charge in [0.25, 0.3) is 0 Å². The summed E-state index contributed by atoms with van der Waals surface area (Å²) in [7, 11) is 0. The molecule has 2 heterocycles. The van der Waals surface area contributed by atoms with E-state index in [4.69, 9.17) is 5.11 Å². The van der Waals surface area contributed by atoms with Gasteiger partial charge in [0.1, 0.15) is 0 Å². The first-order chi connectivity index (χ1) is 9.25. The molecule has 1 aromatic heterocycles. The largest absolute Gasteiger partial charge is 0.476 e. The number of rotatable bonds is 7. The number of nitrogens with zero attached hydrogens (tertiary/aromatic N) is 4. The van der Waals surface area contributed by atoms with Crippen molar-refractivity contribution >= 4 is 17.7 Å². The summed E-state index contributed by atoms with van der Waals surface area (Å²) in [6, 6.07) is 0. The molecule has 8 heteroatoms. The van der Waals surface area contributed by atoms with Crippen LogP contribution in [-0.4, -0.2) is 75.2 Å². The number of thioether (sulfide) groups is 1. The Balaban J connectivity index is 1.57. The van der Waals surface area contributed by atoms with Crippen molar-refractivity contribution in [3.8, 4) is 0 Å². The molecular weight excluding hydrogens is 266 g/mol. The average molecular weight is 285 g/mol. The molecular formula is C11H19N5O2S. The third-order valence-electron chi connectivity index (χ3n) is 2.98. The van der Waals surface area contributed by atoms with Gasteiger partial charge in [0.2, 0.25) is 0 Å². The molecule has 0 saturated carbocycles. The Kier molecular flexibility index (Phi) is 5.62. The third kappa shape index (κ3) is 4.81. The molecule has 2 rings (SSSR count). The highest BCUT2D eigenvalue weighted by molar-refractivity contribution is 7.99. The molecule has 1 fully saturated rings. The monoisotopic (exact) mass is 285 g/mol. The topological polar surface area (TPSA) is 83.3 Å². The van der Waals surface area contributed by atoms with Crippen LogP contribution < -0.4 is 5.32 Å². The first-order valence-electron chi connectivity index (χ1n) is 6.40. The molecule has 0 aromatic carbocycles. The van der Waals surface area contributed by atoms with Gasteiger partial charge in [0, 0.05) is 44.2 Å². The highest BCUT2D eigenvalue weighted by Gasteiger charge is 2.09. The molecule has 0 radical (unpaired) electrons. The molecule has 0 unspecified atom stereocenters. The summed E-state index contributed by atoms with van der Waals surface area (Å²) in [6.45, 7) is 5.78. The highest BCUT2D eigenvalue weighted by Crippen LogP contribution is 2.07. The molecule has 2 N–H and O–H groups in total. The van der Waals surface area contributed by atoms with Crippen LogP contribution >= 0.6 is 11.8 Å². The summed E-state index contributed by atoms with van der Waals surface area (Å²) in [4.78, 5) is 13.1. The van der Waals surface area contributed by atoms with E-state index < -0.39 is 5.97 Å². The number of nitrogens with one attached hydrogen (secondary N) is 1. The van der Waals surface area contributed by atoms with Crippen LogP contribution in [0.1, 0.15) is 10.5 Å². The Morgan fingerprint density at radius 3 is 2.79 bits per heavy atom. The van der Waals surface area contributed by atoms with Crippen LogP contribution in [0, 0.1) is 0 Å². The van der Waals surface area contributed by atoms with Crippen LogP contribution in [0.4, 0.5) is 0 Å². The second kappa shape index (κ2) is 7.46. The predicted molar refractivity (Wildman–Crippen MR) is 73.6 cm³/mol. The Labute approximate surface area is 116 Å². The van der Waals surface area contributed by atoms with E-state index in [0.29, 0.717) is 6.54 Å². The fraction of sp³-hybridized carbons (Fsp3) is 0.727. The maximum absolute atomic E-state index is 10.6. The summed E-state index contributed by atoms with van der Waals surface area (Å²) in [6.07, 6.45) is 1.45. The van der Waals surface area contributed by atoms with Crippen LogP contribution in [0.3, 0.4) is 0 Å². The predicted octanol–water partition coefficient (Wildman–Crippen LogP) is -0.385. The lowest BCUT2D eigenvalue weighted by atomic mass is 10.4. The fourth-order valence-electron chi connectivity index (χ4n) is 1.89. The molecule has 19 heavy (non-hydrogen) atoms. The van der Waals surface area contributed by atoms with Crippen LogP contribution in [0.2, 0.25) is 0 Å². The van der Waals surface area contributed by atoms with E-state index in [1.165, 1.54) is 30.8 Å². The summed E-state index contributed by atoms with van der Waals surface area (Å²) < 4.78 is 1.55. The molecule has 0 amide bonds. The van der Waals surface area contributed by atoms with E-state index >= 15 is 0 Å². The molecule has 0 spiro atoms. The lowest BCUT2D eigenvalue weighted by Crippen LogP contribution is -2.38. The van der Waals surface area contributed by atoms with E-state index in [9.17, 15) is 4.79 Å². The smallest absolute Gasteiger partial charge is 0.358 e. The molecule has 106 valence electrons. The Hall–Kier alpha value is -1.12. The number of aromatic nitrogens is 3. The van der Waals surface area contributed by atoms with Crippen molar-refractivity contribution in [2.45, 2.75) is 6.54 Å². The van der Waals surface area contributed by atoms with E-state index in [0.717, 1.165) is 19.6 Å². The summed E-state index contributed by atoms with van der Waals surface area (Å²) in [5.41, 5.74) is -0.00850. The SMILES string of the molecule is O=C(O)c1cn(CCNCCN2CCSCC2)nn1. The van der Waals surface area contributed by atoms with Gasteiger partial charge in [-0.15, -0.1) is 5.10 Å². The zero-order chi connectivity index (χ0) is 13.5. The first kappa shape index (κ1) is 14.3. The zero-order valence-electron chi connectivity index (χ0n) is 10.8. The summed E-state index contributed by atoms with van der Waals surface area (Å²) in [5.74, 6) is 1.43. The minimum atomic E-state index is -1.04. The maximum atomic E-state index is 10.6.